The zero-order valence-corrected chi connectivity index (χ0v) is 31.7. The lowest BCUT2D eigenvalue weighted by molar-refractivity contribution is 1.27. The number of hydrogen-bond donors (Lipinski definition) is 0. The monoisotopic (exact) mass is 740 g/mol. The van der Waals surface area contributed by atoms with E-state index in [0.717, 1.165) is 100 Å². The average molecular weight is 741 g/mol. The molecule has 4 heterocycles. The molecule has 4 aromatic heterocycles. The van der Waals surface area contributed by atoms with E-state index in [0.29, 0.717) is 0 Å². The molecule has 0 saturated heterocycles. The molecule has 272 valence electrons. The minimum absolute atomic E-state index is 0.875. The Labute approximate surface area is 335 Å². The van der Waals surface area contributed by atoms with Gasteiger partial charge >= 0.3 is 0 Å². The maximum absolute atomic E-state index is 5.41. The van der Waals surface area contributed by atoms with Crippen molar-refractivity contribution in [3.8, 4) is 44.9 Å². The van der Waals surface area contributed by atoms with Crippen LogP contribution >= 0.6 is 0 Å². The van der Waals surface area contributed by atoms with Crippen molar-refractivity contribution in [2.45, 2.75) is 0 Å². The molecule has 0 spiro atoms. The van der Waals surface area contributed by atoms with Gasteiger partial charge in [0.2, 0.25) is 0 Å². The number of fused-ring (bicyclic) bond motifs is 12. The van der Waals surface area contributed by atoms with Crippen molar-refractivity contribution >= 4 is 60.2 Å². The van der Waals surface area contributed by atoms with E-state index in [9.17, 15) is 0 Å². The summed E-state index contributed by atoms with van der Waals surface area (Å²) in [5.74, 6) is 0. The molecule has 0 aliphatic rings. The van der Waals surface area contributed by atoms with E-state index in [2.05, 4.69) is 198 Å². The molecular formula is C54H36N4. The van der Waals surface area contributed by atoms with Gasteiger partial charge < -0.3 is 0 Å². The van der Waals surface area contributed by atoms with E-state index in [1.807, 2.05) is 12.2 Å². The summed E-state index contributed by atoms with van der Waals surface area (Å²) in [5, 5.41) is 6.87. The Kier molecular flexibility index (Phi) is 7.76. The van der Waals surface area contributed by atoms with Gasteiger partial charge in [-0.25, -0.2) is 9.97 Å². The Morgan fingerprint density at radius 3 is 1.38 bits per heavy atom. The van der Waals surface area contributed by atoms with E-state index >= 15 is 0 Å². The zero-order valence-electron chi connectivity index (χ0n) is 31.7. The van der Waals surface area contributed by atoms with Gasteiger partial charge in [0.25, 0.3) is 0 Å². The summed E-state index contributed by atoms with van der Waals surface area (Å²) in [5.41, 5.74) is 14.5. The second kappa shape index (κ2) is 13.4. The van der Waals surface area contributed by atoms with Crippen molar-refractivity contribution in [3.63, 3.8) is 0 Å². The molecule has 58 heavy (non-hydrogen) atoms. The van der Waals surface area contributed by atoms with Crippen LogP contribution in [0.25, 0.3) is 105 Å². The van der Waals surface area contributed by atoms with Gasteiger partial charge in [-0.15, -0.1) is 0 Å². The van der Waals surface area contributed by atoms with E-state index in [1.165, 1.54) is 10.8 Å². The first kappa shape index (κ1) is 33.5. The van der Waals surface area contributed by atoms with Crippen LogP contribution in [0.15, 0.2) is 207 Å². The van der Waals surface area contributed by atoms with Gasteiger partial charge in [0.05, 0.1) is 33.8 Å². The third-order valence-electron chi connectivity index (χ3n) is 11.4. The summed E-state index contributed by atoms with van der Waals surface area (Å²) in [6.45, 7) is 8.14. The quantitative estimate of drug-likeness (QED) is 0.120. The van der Waals surface area contributed by atoms with Crippen LogP contribution in [0.1, 0.15) is 5.69 Å². The highest BCUT2D eigenvalue weighted by Crippen LogP contribution is 2.42. The van der Waals surface area contributed by atoms with E-state index in [-0.39, 0.29) is 0 Å². The summed E-state index contributed by atoms with van der Waals surface area (Å²) in [6, 6.07) is 62.7. The van der Waals surface area contributed by atoms with Crippen LogP contribution in [0.5, 0.6) is 0 Å². The lowest BCUT2D eigenvalue weighted by atomic mass is 9.97. The van der Waals surface area contributed by atoms with Gasteiger partial charge in [0, 0.05) is 43.8 Å². The minimum Gasteiger partial charge on any atom is -0.291 e. The van der Waals surface area contributed by atoms with Crippen LogP contribution in [-0.2, 0) is 0 Å². The molecule has 4 heteroatoms. The Hall–Kier alpha value is -7.82. The smallest absolute Gasteiger partial charge is 0.146 e. The molecule has 4 nitrogen and oxygen atoms in total. The fraction of sp³-hybridized carbons (Fsp3) is 0. The van der Waals surface area contributed by atoms with Gasteiger partial charge in [-0.05, 0) is 46.2 Å². The van der Waals surface area contributed by atoms with Crippen LogP contribution in [0.4, 0.5) is 0 Å². The second-order valence-corrected chi connectivity index (χ2v) is 14.7. The van der Waals surface area contributed by atoms with Gasteiger partial charge in [-0.1, -0.05) is 183 Å². The van der Waals surface area contributed by atoms with E-state index in [1.54, 1.807) is 6.08 Å². The van der Waals surface area contributed by atoms with Crippen LogP contribution in [0, 0.1) is 0 Å². The highest BCUT2D eigenvalue weighted by molar-refractivity contribution is 6.16. The zero-order chi connectivity index (χ0) is 38.7. The highest BCUT2D eigenvalue weighted by Gasteiger charge is 2.23. The molecule has 0 fully saturated rings. The van der Waals surface area contributed by atoms with Gasteiger partial charge in [-0.2, -0.15) is 0 Å². The fourth-order valence-corrected chi connectivity index (χ4v) is 8.84. The maximum Gasteiger partial charge on any atom is 0.146 e. The maximum atomic E-state index is 5.41. The standard InChI is InChI=1S/C54H36N4/c1-3-18-35(4-2)49-51(37-21-10-6-11-22-37)57-47-31-29-39(33-45(47)41-25-14-16-27-43(41)53(57)55-49)40-30-32-48-46(34-40)42-26-15-17-28-44(42)54-56-50(36-19-8-5-9-20-36)52(58(48)54)38-23-12-7-13-24-38/h3-34H,1-2H2/b35-18+. The molecule has 0 saturated carbocycles. The normalized spacial score (nSPS) is 12.0. The van der Waals surface area contributed by atoms with Crippen LogP contribution < -0.4 is 0 Å². The van der Waals surface area contributed by atoms with Gasteiger partial charge in [0.1, 0.15) is 11.3 Å². The van der Waals surface area contributed by atoms with Crippen LogP contribution in [-0.4, -0.2) is 18.8 Å². The van der Waals surface area contributed by atoms with Crippen molar-refractivity contribution in [2.75, 3.05) is 0 Å². The molecular weight excluding hydrogens is 705 g/mol. The van der Waals surface area contributed by atoms with E-state index < -0.39 is 0 Å². The Bertz CT molecular complexity index is 3460. The van der Waals surface area contributed by atoms with Crippen molar-refractivity contribution in [3.05, 3.63) is 213 Å². The molecule has 0 N–H and O–H groups in total. The number of benzene rings is 7. The molecule has 0 bridgehead atoms. The Morgan fingerprint density at radius 2 is 0.862 bits per heavy atom. The minimum atomic E-state index is 0.875. The third kappa shape index (κ3) is 5.09. The number of rotatable bonds is 7. The average Bonchev–Trinajstić information content (AvgIpc) is 3.90. The van der Waals surface area contributed by atoms with Crippen LogP contribution in [0.3, 0.4) is 0 Å². The number of hydrogen-bond acceptors (Lipinski definition) is 2. The Morgan fingerprint density at radius 1 is 0.414 bits per heavy atom. The topological polar surface area (TPSA) is 34.6 Å². The molecule has 0 radical (unpaired) electrons. The SMILES string of the molecule is C=C/C=C(\C=C)c1nc2c3ccccc3c3cc(-c4ccc5c(c4)c4ccccc4c4nc(-c6ccccc6)c(-c6ccccc6)n54)ccc3n2c1-c1ccccc1. The number of imidazole rings is 2. The Balaban J connectivity index is 1.20. The van der Waals surface area contributed by atoms with Crippen molar-refractivity contribution in [1.82, 2.24) is 18.8 Å². The van der Waals surface area contributed by atoms with Crippen molar-refractivity contribution in [2.24, 2.45) is 0 Å². The van der Waals surface area contributed by atoms with E-state index in [4.69, 9.17) is 9.97 Å². The van der Waals surface area contributed by atoms with Gasteiger partial charge in [0.15, 0.2) is 0 Å². The highest BCUT2D eigenvalue weighted by atomic mass is 15.0. The summed E-state index contributed by atoms with van der Waals surface area (Å²) < 4.78 is 4.69. The molecule has 0 atom stereocenters. The molecule has 11 rings (SSSR count). The summed E-state index contributed by atoms with van der Waals surface area (Å²) in [4.78, 5) is 10.7. The number of aromatic nitrogens is 4. The number of pyridine rings is 2. The molecule has 11 aromatic rings. The van der Waals surface area contributed by atoms with Crippen LogP contribution in [0.2, 0.25) is 0 Å². The number of nitrogens with zero attached hydrogens (tertiary/aromatic N) is 4. The first-order chi connectivity index (χ1) is 28.7. The summed E-state index contributed by atoms with van der Waals surface area (Å²) >= 11 is 0. The lowest BCUT2D eigenvalue weighted by Crippen LogP contribution is -1.96. The lowest BCUT2D eigenvalue weighted by Gasteiger charge is -2.15. The molecule has 0 aliphatic heterocycles. The third-order valence-corrected chi connectivity index (χ3v) is 11.4. The predicted molar refractivity (Wildman–Crippen MR) is 244 cm³/mol. The molecule has 0 unspecified atom stereocenters. The van der Waals surface area contributed by atoms with Crippen molar-refractivity contribution in [1.29, 1.82) is 0 Å². The summed E-state index contributed by atoms with van der Waals surface area (Å²) in [6.07, 6.45) is 5.65. The molecule has 7 aromatic carbocycles. The summed E-state index contributed by atoms with van der Waals surface area (Å²) in [7, 11) is 0. The number of allylic oxidation sites excluding steroid dienone is 4. The fourth-order valence-electron chi connectivity index (χ4n) is 8.84. The first-order valence-electron chi connectivity index (χ1n) is 19.6. The molecule has 0 aliphatic carbocycles. The second-order valence-electron chi connectivity index (χ2n) is 14.7. The first-order valence-corrected chi connectivity index (χ1v) is 19.6. The van der Waals surface area contributed by atoms with Gasteiger partial charge in [-0.3, -0.25) is 8.80 Å². The predicted octanol–water partition coefficient (Wildman–Crippen LogP) is 14.0. The largest absolute Gasteiger partial charge is 0.291 e. The molecule has 0 amide bonds. The van der Waals surface area contributed by atoms with Crippen molar-refractivity contribution < 1.29 is 0 Å².